The van der Waals surface area contributed by atoms with Crippen LogP contribution in [-0.2, 0) is 10.0 Å². The Balaban J connectivity index is 1.36. The summed E-state index contributed by atoms with van der Waals surface area (Å²) < 4.78 is 35.0. The molecular formula is C23H18N4O4S3. The summed E-state index contributed by atoms with van der Waals surface area (Å²) in [5, 5.41) is 4.24. The number of thiazole rings is 2. The molecule has 3 aromatic carbocycles. The smallest absolute Gasteiger partial charge is 0.261 e. The van der Waals surface area contributed by atoms with E-state index >= 15 is 0 Å². The highest BCUT2D eigenvalue weighted by molar-refractivity contribution is 7.92. The fraction of sp³-hybridized carbons (Fsp3) is 0.0870. The molecule has 172 valence electrons. The van der Waals surface area contributed by atoms with E-state index in [2.05, 4.69) is 20.0 Å². The monoisotopic (exact) mass is 510 g/mol. The predicted octanol–water partition coefficient (Wildman–Crippen LogP) is 5.28. The number of hydrogen-bond donors (Lipinski definition) is 2. The molecular weight excluding hydrogens is 492 g/mol. The summed E-state index contributed by atoms with van der Waals surface area (Å²) in [4.78, 5) is 22.0. The standard InChI is InChI=1S/C23H18N4O4S3/c1-13-24-18-10-11-19-21(20(18)32-13)33-23(25-19)26-22(28)14-4-3-5-15(12-14)27-34(29,30)17-8-6-16(31-2)7-9-17/h3-12,27H,1-2H3,(H,25,26,28). The minimum atomic E-state index is -3.83. The van der Waals surface area contributed by atoms with E-state index in [1.807, 2.05) is 19.1 Å². The molecule has 0 atom stereocenters. The van der Waals surface area contributed by atoms with Gasteiger partial charge in [0.15, 0.2) is 5.13 Å². The Hall–Kier alpha value is -3.54. The van der Waals surface area contributed by atoms with Crippen LogP contribution in [0.15, 0.2) is 65.6 Å². The van der Waals surface area contributed by atoms with Crippen LogP contribution >= 0.6 is 22.7 Å². The van der Waals surface area contributed by atoms with E-state index in [0.717, 1.165) is 25.4 Å². The number of carbonyl (C=O) groups excluding carboxylic acids is 1. The van der Waals surface area contributed by atoms with Crippen LogP contribution in [0.25, 0.3) is 20.4 Å². The largest absolute Gasteiger partial charge is 0.497 e. The third-order valence-electron chi connectivity index (χ3n) is 4.99. The second-order valence-corrected chi connectivity index (χ2v) is 11.2. The maximum Gasteiger partial charge on any atom is 0.261 e. The van der Waals surface area contributed by atoms with Gasteiger partial charge in [0.2, 0.25) is 0 Å². The van der Waals surface area contributed by atoms with Gasteiger partial charge in [-0.2, -0.15) is 0 Å². The van der Waals surface area contributed by atoms with E-state index < -0.39 is 10.0 Å². The summed E-state index contributed by atoms with van der Waals surface area (Å²) in [5.74, 6) is 0.167. The van der Waals surface area contributed by atoms with E-state index in [9.17, 15) is 13.2 Å². The number of aromatic nitrogens is 2. The summed E-state index contributed by atoms with van der Waals surface area (Å²) in [6.07, 6.45) is 0. The zero-order valence-corrected chi connectivity index (χ0v) is 20.5. The van der Waals surface area contributed by atoms with Crippen LogP contribution in [-0.4, -0.2) is 31.4 Å². The molecule has 0 aliphatic rings. The highest BCUT2D eigenvalue weighted by Crippen LogP contribution is 2.36. The van der Waals surface area contributed by atoms with Crippen LogP contribution in [0.1, 0.15) is 15.4 Å². The van der Waals surface area contributed by atoms with Crippen molar-refractivity contribution in [1.82, 2.24) is 9.97 Å². The molecule has 0 spiro atoms. The molecule has 11 heteroatoms. The zero-order valence-electron chi connectivity index (χ0n) is 18.0. The average molecular weight is 511 g/mol. The molecule has 2 N–H and O–H groups in total. The number of nitrogens with zero attached hydrogens (tertiary/aromatic N) is 2. The summed E-state index contributed by atoms with van der Waals surface area (Å²) in [6.45, 7) is 1.95. The normalized spacial score (nSPS) is 11.6. The van der Waals surface area contributed by atoms with Crippen molar-refractivity contribution in [2.45, 2.75) is 11.8 Å². The van der Waals surface area contributed by atoms with Gasteiger partial charge in [0, 0.05) is 11.3 Å². The molecule has 0 saturated heterocycles. The molecule has 5 rings (SSSR count). The molecule has 0 radical (unpaired) electrons. The summed E-state index contributed by atoms with van der Waals surface area (Å²) >= 11 is 2.98. The number of rotatable bonds is 6. The molecule has 0 unspecified atom stereocenters. The first-order chi connectivity index (χ1) is 16.3. The molecule has 34 heavy (non-hydrogen) atoms. The fourth-order valence-electron chi connectivity index (χ4n) is 3.40. The van der Waals surface area contributed by atoms with Gasteiger partial charge in [0.1, 0.15) is 5.75 Å². The molecule has 0 aliphatic heterocycles. The van der Waals surface area contributed by atoms with Crippen LogP contribution in [0, 0.1) is 6.92 Å². The molecule has 8 nitrogen and oxygen atoms in total. The first-order valence-corrected chi connectivity index (χ1v) is 13.2. The second-order valence-electron chi connectivity index (χ2n) is 7.33. The number of benzene rings is 3. The Kier molecular flexibility index (Phi) is 5.68. The van der Waals surface area contributed by atoms with Gasteiger partial charge >= 0.3 is 0 Å². The van der Waals surface area contributed by atoms with Gasteiger partial charge in [-0.05, 0) is 61.5 Å². The van der Waals surface area contributed by atoms with Crippen LogP contribution in [0.3, 0.4) is 0 Å². The van der Waals surface area contributed by atoms with Crippen molar-refractivity contribution in [3.63, 3.8) is 0 Å². The lowest BCUT2D eigenvalue weighted by molar-refractivity contribution is 0.102. The van der Waals surface area contributed by atoms with Crippen molar-refractivity contribution in [2.24, 2.45) is 0 Å². The van der Waals surface area contributed by atoms with Crippen molar-refractivity contribution in [3.05, 3.63) is 71.2 Å². The number of hydrogen-bond acceptors (Lipinski definition) is 8. The number of methoxy groups -OCH3 is 1. The number of aryl methyl sites for hydroxylation is 1. The SMILES string of the molecule is COc1ccc(S(=O)(=O)Nc2cccc(C(=O)Nc3nc4ccc5nc(C)sc5c4s3)c2)cc1. The Morgan fingerprint density at radius 1 is 0.941 bits per heavy atom. The number of anilines is 2. The molecule has 0 bridgehead atoms. The number of ether oxygens (including phenoxy) is 1. The zero-order chi connectivity index (χ0) is 23.9. The van der Waals surface area contributed by atoms with E-state index in [0.29, 0.717) is 16.4 Å². The van der Waals surface area contributed by atoms with Crippen LogP contribution in [0.5, 0.6) is 5.75 Å². The van der Waals surface area contributed by atoms with E-state index in [4.69, 9.17) is 4.74 Å². The number of nitrogens with one attached hydrogen (secondary N) is 2. The molecule has 1 amide bonds. The fourth-order valence-corrected chi connectivity index (χ4v) is 6.45. The van der Waals surface area contributed by atoms with Gasteiger partial charge in [-0.3, -0.25) is 14.8 Å². The third-order valence-corrected chi connectivity index (χ3v) is 8.52. The lowest BCUT2D eigenvalue weighted by Gasteiger charge is -2.10. The van der Waals surface area contributed by atoms with E-state index in [1.54, 1.807) is 41.7 Å². The predicted molar refractivity (Wildman–Crippen MR) is 136 cm³/mol. The number of sulfonamides is 1. The van der Waals surface area contributed by atoms with Crippen LogP contribution in [0.4, 0.5) is 10.8 Å². The Labute approximate surface area is 203 Å². The molecule has 0 fully saturated rings. The summed E-state index contributed by atoms with van der Waals surface area (Å²) in [7, 11) is -2.32. The summed E-state index contributed by atoms with van der Waals surface area (Å²) in [6, 6.07) is 16.1. The average Bonchev–Trinajstić information content (AvgIpc) is 3.41. The van der Waals surface area contributed by atoms with Gasteiger partial charge in [-0.15, -0.1) is 11.3 Å². The van der Waals surface area contributed by atoms with Crippen molar-refractivity contribution in [2.75, 3.05) is 17.1 Å². The molecule has 2 heterocycles. The Morgan fingerprint density at radius 2 is 1.65 bits per heavy atom. The first-order valence-electron chi connectivity index (χ1n) is 10.1. The van der Waals surface area contributed by atoms with Crippen molar-refractivity contribution in [3.8, 4) is 5.75 Å². The molecule has 0 saturated carbocycles. The van der Waals surface area contributed by atoms with Gasteiger partial charge in [-0.1, -0.05) is 17.4 Å². The van der Waals surface area contributed by atoms with Crippen molar-refractivity contribution < 1.29 is 17.9 Å². The molecule has 0 aliphatic carbocycles. The highest BCUT2D eigenvalue weighted by Gasteiger charge is 2.17. The second kappa shape index (κ2) is 8.67. The van der Waals surface area contributed by atoms with Crippen molar-refractivity contribution >= 4 is 69.9 Å². The lowest BCUT2D eigenvalue weighted by atomic mass is 10.2. The van der Waals surface area contributed by atoms with E-state index in [-0.39, 0.29) is 16.5 Å². The van der Waals surface area contributed by atoms with Gasteiger partial charge < -0.3 is 4.74 Å². The van der Waals surface area contributed by atoms with E-state index in [1.165, 1.54) is 36.6 Å². The minimum absolute atomic E-state index is 0.0854. The van der Waals surface area contributed by atoms with Crippen molar-refractivity contribution in [1.29, 1.82) is 0 Å². The third kappa shape index (κ3) is 4.32. The Bertz CT molecular complexity index is 1640. The summed E-state index contributed by atoms with van der Waals surface area (Å²) in [5.41, 5.74) is 2.27. The molecule has 2 aromatic heterocycles. The maximum atomic E-state index is 12.9. The van der Waals surface area contributed by atoms with Crippen LogP contribution < -0.4 is 14.8 Å². The quantitative estimate of drug-likeness (QED) is 0.322. The number of amides is 1. The van der Waals surface area contributed by atoms with Gasteiger partial charge in [0.05, 0.1) is 37.4 Å². The highest BCUT2D eigenvalue weighted by atomic mass is 32.2. The Morgan fingerprint density at radius 3 is 2.38 bits per heavy atom. The minimum Gasteiger partial charge on any atom is -0.497 e. The van der Waals surface area contributed by atoms with Crippen LogP contribution in [0.2, 0.25) is 0 Å². The topological polar surface area (TPSA) is 110 Å². The van der Waals surface area contributed by atoms with Gasteiger partial charge in [-0.25, -0.2) is 18.4 Å². The number of fused-ring (bicyclic) bond motifs is 3. The lowest BCUT2D eigenvalue weighted by Crippen LogP contribution is -2.15. The van der Waals surface area contributed by atoms with Gasteiger partial charge in [0.25, 0.3) is 15.9 Å². The maximum absolute atomic E-state index is 12.9. The first kappa shape index (κ1) is 22.3. The molecule has 5 aromatic rings. The number of carbonyl (C=O) groups is 1.